The van der Waals surface area contributed by atoms with Crippen molar-refractivity contribution in [1.82, 2.24) is 20.1 Å². The van der Waals surface area contributed by atoms with E-state index in [4.69, 9.17) is 0 Å². The second kappa shape index (κ2) is 10.8. The van der Waals surface area contributed by atoms with Gasteiger partial charge in [-0.05, 0) is 56.5 Å². The van der Waals surface area contributed by atoms with E-state index in [1.807, 2.05) is 45.2 Å². The molecule has 6 nitrogen and oxygen atoms in total. The number of hydrogen-bond donors (Lipinski definition) is 2. The summed E-state index contributed by atoms with van der Waals surface area (Å²) in [5.41, 5.74) is 3.02. The largest absolute Gasteiger partial charge is 0.361 e. The highest BCUT2D eigenvalue weighted by atomic mass is 19.1. The maximum Gasteiger partial charge on any atom is 0.318 e. The molecule has 3 amide bonds. The number of nitrogens with zero attached hydrogens (tertiary/aromatic N) is 2. The molecule has 0 saturated heterocycles. The van der Waals surface area contributed by atoms with Gasteiger partial charge < -0.3 is 20.1 Å². The molecular weight excluding hydrogens is 407 g/mol. The fourth-order valence-electron chi connectivity index (χ4n) is 3.68. The smallest absolute Gasteiger partial charge is 0.318 e. The molecule has 0 saturated carbocycles. The van der Waals surface area contributed by atoms with Gasteiger partial charge >= 0.3 is 6.03 Å². The van der Waals surface area contributed by atoms with Gasteiger partial charge in [0.15, 0.2) is 0 Å². The van der Waals surface area contributed by atoms with Crippen LogP contribution in [0.15, 0.2) is 54.7 Å². The van der Waals surface area contributed by atoms with Crippen LogP contribution in [0.4, 0.5) is 9.18 Å². The molecule has 0 aliphatic rings. The molecule has 2 N–H and O–H groups in total. The van der Waals surface area contributed by atoms with E-state index in [9.17, 15) is 14.0 Å². The number of carbonyl (C=O) groups is 2. The van der Waals surface area contributed by atoms with E-state index < -0.39 is 0 Å². The highest BCUT2D eigenvalue weighted by Crippen LogP contribution is 2.19. The lowest BCUT2D eigenvalue weighted by molar-refractivity contribution is -0.132. The van der Waals surface area contributed by atoms with Crippen molar-refractivity contribution in [2.45, 2.75) is 39.8 Å². The Morgan fingerprint density at radius 3 is 2.50 bits per heavy atom. The molecule has 3 rings (SSSR count). The molecule has 0 fully saturated rings. The number of aromatic amines is 1. The van der Waals surface area contributed by atoms with Crippen molar-refractivity contribution in [3.05, 3.63) is 71.7 Å². The highest BCUT2D eigenvalue weighted by molar-refractivity contribution is 5.85. The Hall–Kier alpha value is -3.35. The van der Waals surface area contributed by atoms with Crippen LogP contribution < -0.4 is 5.32 Å². The second-order valence-electron chi connectivity index (χ2n) is 8.11. The number of fused-ring (bicyclic) bond motifs is 1. The maximum atomic E-state index is 13.4. The lowest BCUT2D eigenvalue weighted by atomic mass is 10.1. The SMILES string of the molecule is CCNC(=O)N(CC(=O)N(CCc1c[nH]c2ccccc12)Cc1ccc(F)cc1)C(C)C. The molecule has 0 spiro atoms. The van der Waals surface area contributed by atoms with Crippen molar-refractivity contribution in [2.24, 2.45) is 0 Å². The van der Waals surface area contributed by atoms with Gasteiger partial charge in [0, 0.05) is 42.8 Å². The molecule has 0 bridgehead atoms. The third kappa shape index (κ3) is 5.87. The topological polar surface area (TPSA) is 68.4 Å². The minimum Gasteiger partial charge on any atom is -0.361 e. The van der Waals surface area contributed by atoms with Gasteiger partial charge in [-0.1, -0.05) is 30.3 Å². The zero-order valence-corrected chi connectivity index (χ0v) is 18.9. The van der Waals surface area contributed by atoms with E-state index in [2.05, 4.69) is 16.4 Å². The predicted molar refractivity (Wildman–Crippen MR) is 125 cm³/mol. The number of halogens is 1. The average Bonchev–Trinajstić information content (AvgIpc) is 3.19. The molecule has 1 aromatic heterocycles. The van der Waals surface area contributed by atoms with Crippen LogP contribution in [0.3, 0.4) is 0 Å². The minimum absolute atomic E-state index is 0.0153. The minimum atomic E-state index is -0.312. The Morgan fingerprint density at radius 1 is 1.09 bits per heavy atom. The lowest BCUT2D eigenvalue weighted by Crippen LogP contribution is -2.49. The van der Waals surface area contributed by atoms with Crippen LogP contribution in [0, 0.1) is 5.82 Å². The summed E-state index contributed by atoms with van der Waals surface area (Å²) < 4.78 is 13.4. The summed E-state index contributed by atoms with van der Waals surface area (Å²) in [4.78, 5) is 32.3. The van der Waals surface area contributed by atoms with Gasteiger partial charge in [-0.15, -0.1) is 0 Å². The second-order valence-corrected chi connectivity index (χ2v) is 8.11. The third-order valence-electron chi connectivity index (χ3n) is 5.48. The van der Waals surface area contributed by atoms with Crippen molar-refractivity contribution in [2.75, 3.05) is 19.6 Å². The number of nitrogens with one attached hydrogen (secondary N) is 2. The van der Waals surface area contributed by atoms with Crippen LogP contribution in [-0.4, -0.2) is 52.4 Å². The van der Waals surface area contributed by atoms with Crippen molar-refractivity contribution in [3.63, 3.8) is 0 Å². The monoisotopic (exact) mass is 438 g/mol. The summed E-state index contributed by atoms with van der Waals surface area (Å²) in [6.45, 7) is 6.94. The molecule has 1 heterocycles. The van der Waals surface area contributed by atoms with Crippen molar-refractivity contribution in [3.8, 4) is 0 Å². The van der Waals surface area contributed by atoms with E-state index in [1.54, 1.807) is 17.0 Å². The van der Waals surface area contributed by atoms with E-state index in [0.717, 1.165) is 22.0 Å². The Bertz CT molecular complexity index is 1050. The summed E-state index contributed by atoms with van der Waals surface area (Å²) in [6.07, 6.45) is 2.64. The Morgan fingerprint density at radius 2 is 1.81 bits per heavy atom. The number of benzene rings is 2. The van der Waals surface area contributed by atoms with Gasteiger partial charge in [0.25, 0.3) is 0 Å². The Balaban J connectivity index is 1.78. The number of urea groups is 1. The number of aromatic nitrogens is 1. The summed E-state index contributed by atoms with van der Waals surface area (Å²) in [5.74, 6) is -0.457. The van der Waals surface area contributed by atoms with Gasteiger partial charge in [0.2, 0.25) is 5.91 Å². The average molecular weight is 439 g/mol. The standard InChI is InChI=1S/C25H31FN4O2/c1-4-27-25(32)30(18(2)3)17-24(31)29(16-19-9-11-21(26)12-10-19)14-13-20-15-28-23-8-6-5-7-22(20)23/h5-12,15,18,28H,4,13-14,16-17H2,1-3H3,(H,27,32). The first kappa shape index (κ1) is 23.3. The molecular formula is C25H31FN4O2. The third-order valence-corrected chi connectivity index (χ3v) is 5.48. The number of hydrogen-bond acceptors (Lipinski definition) is 2. The highest BCUT2D eigenvalue weighted by Gasteiger charge is 2.23. The first-order valence-electron chi connectivity index (χ1n) is 11.0. The molecule has 0 aliphatic heterocycles. The lowest BCUT2D eigenvalue weighted by Gasteiger charge is -2.30. The van der Waals surface area contributed by atoms with Gasteiger partial charge in [-0.2, -0.15) is 0 Å². The maximum absolute atomic E-state index is 13.4. The van der Waals surface area contributed by atoms with Crippen molar-refractivity contribution in [1.29, 1.82) is 0 Å². The molecule has 170 valence electrons. The first-order chi connectivity index (χ1) is 15.4. The summed E-state index contributed by atoms with van der Waals surface area (Å²) in [6, 6.07) is 13.8. The normalized spacial score (nSPS) is 11.0. The van der Waals surface area contributed by atoms with E-state index in [0.29, 0.717) is 26.1 Å². The number of rotatable bonds is 9. The molecule has 0 radical (unpaired) electrons. The molecule has 0 atom stereocenters. The van der Waals surface area contributed by atoms with E-state index >= 15 is 0 Å². The molecule has 3 aromatic rings. The number of para-hydroxylation sites is 1. The fourth-order valence-corrected chi connectivity index (χ4v) is 3.68. The zero-order chi connectivity index (χ0) is 23.1. The molecule has 2 aromatic carbocycles. The van der Waals surface area contributed by atoms with Gasteiger partial charge in [0.1, 0.15) is 12.4 Å². The van der Waals surface area contributed by atoms with Crippen molar-refractivity contribution >= 4 is 22.8 Å². The number of carbonyl (C=O) groups excluding carboxylic acids is 2. The molecule has 0 unspecified atom stereocenters. The number of amides is 3. The van der Waals surface area contributed by atoms with Crippen LogP contribution >= 0.6 is 0 Å². The quantitative estimate of drug-likeness (QED) is 0.523. The summed E-state index contributed by atoms with van der Waals surface area (Å²) >= 11 is 0. The zero-order valence-electron chi connectivity index (χ0n) is 18.9. The first-order valence-corrected chi connectivity index (χ1v) is 11.0. The fraction of sp³-hybridized carbons (Fsp3) is 0.360. The summed E-state index contributed by atoms with van der Waals surface area (Å²) in [5, 5.41) is 3.90. The van der Waals surface area contributed by atoms with E-state index in [-0.39, 0.29) is 30.3 Å². The molecule has 32 heavy (non-hydrogen) atoms. The predicted octanol–water partition coefficient (Wildman–Crippen LogP) is 4.32. The Kier molecular flexibility index (Phi) is 7.87. The number of H-pyrrole nitrogens is 1. The van der Waals surface area contributed by atoms with Crippen LogP contribution in [0.2, 0.25) is 0 Å². The summed E-state index contributed by atoms with van der Waals surface area (Å²) in [7, 11) is 0. The van der Waals surface area contributed by atoms with Crippen LogP contribution in [0.25, 0.3) is 10.9 Å². The molecule has 7 heteroatoms. The van der Waals surface area contributed by atoms with Crippen LogP contribution in [-0.2, 0) is 17.8 Å². The van der Waals surface area contributed by atoms with E-state index in [1.165, 1.54) is 17.0 Å². The molecule has 0 aliphatic carbocycles. The van der Waals surface area contributed by atoms with Crippen molar-refractivity contribution < 1.29 is 14.0 Å². The van der Waals surface area contributed by atoms with Crippen LogP contribution in [0.1, 0.15) is 31.9 Å². The van der Waals surface area contributed by atoms with Crippen LogP contribution in [0.5, 0.6) is 0 Å². The Labute approximate surface area is 188 Å². The van der Waals surface area contributed by atoms with Gasteiger partial charge in [-0.3, -0.25) is 4.79 Å². The van der Waals surface area contributed by atoms with Gasteiger partial charge in [0.05, 0.1) is 0 Å². The van der Waals surface area contributed by atoms with Gasteiger partial charge in [-0.25, -0.2) is 9.18 Å².